The molecule has 1 fully saturated rings. The fraction of sp³-hybridized carbons (Fsp3) is 0.692. The van der Waals surface area contributed by atoms with Gasteiger partial charge in [0.1, 0.15) is 6.20 Å². The fourth-order valence-corrected chi connectivity index (χ4v) is 2.18. The van der Waals surface area contributed by atoms with Crippen LogP contribution in [0.4, 0.5) is 17.5 Å². The van der Waals surface area contributed by atoms with Crippen molar-refractivity contribution in [3.05, 3.63) is 16.3 Å². The van der Waals surface area contributed by atoms with Crippen LogP contribution in [0.15, 0.2) is 6.20 Å². The number of nitrogens with one attached hydrogen (secondary N) is 2. The van der Waals surface area contributed by atoms with Gasteiger partial charge < -0.3 is 15.4 Å². The summed E-state index contributed by atoms with van der Waals surface area (Å²) < 4.78 is 5.53. The van der Waals surface area contributed by atoms with Gasteiger partial charge in [-0.3, -0.25) is 10.1 Å². The van der Waals surface area contributed by atoms with Crippen LogP contribution in [-0.4, -0.2) is 40.7 Å². The number of anilines is 2. The van der Waals surface area contributed by atoms with Crippen LogP contribution in [0.1, 0.15) is 32.6 Å². The van der Waals surface area contributed by atoms with Gasteiger partial charge in [0.2, 0.25) is 11.8 Å². The first-order valence-corrected chi connectivity index (χ1v) is 7.31. The van der Waals surface area contributed by atoms with E-state index < -0.39 is 4.92 Å². The Labute approximate surface area is 123 Å². The third kappa shape index (κ3) is 4.52. The molecule has 0 saturated carbocycles. The minimum absolute atomic E-state index is 0.107. The second-order valence-corrected chi connectivity index (χ2v) is 4.96. The molecule has 1 aromatic heterocycles. The first-order chi connectivity index (χ1) is 10.2. The molecule has 0 aromatic carbocycles. The standard InChI is InChI=1S/C13H21N5O3/c1-2-6-15-13-16-9-11(18(19)20)12(17-13)14-7-5-10-4-3-8-21-10/h9-10H,2-8H2,1H3,(H2,14,15,16,17). The number of nitrogens with zero attached hydrogens (tertiary/aromatic N) is 3. The monoisotopic (exact) mass is 295 g/mol. The van der Waals surface area contributed by atoms with E-state index in [0.717, 1.165) is 38.8 Å². The molecule has 1 aromatic rings. The minimum atomic E-state index is -0.474. The van der Waals surface area contributed by atoms with Gasteiger partial charge in [-0.05, 0) is 25.7 Å². The van der Waals surface area contributed by atoms with Crippen molar-refractivity contribution < 1.29 is 9.66 Å². The number of aromatic nitrogens is 2. The van der Waals surface area contributed by atoms with E-state index in [1.807, 2.05) is 6.92 Å². The van der Waals surface area contributed by atoms with Crippen LogP contribution >= 0.6 is 0 Å². The summed E-state index contributed by atoms with van der Waals surface area (Å²) in [7, 11) is 0. The van der Waals surface area contributed by atoms with Crippen LogP contribution in [-0.2, 0) is 4.74 Å². The Bertz CT molecular complexity index is 477. The van der Waals surface area contributed by atoms with Gasteiger partial charge in [0.15, 0.2) is 0 Å². The summed E-state index contributed by atoms with van der Waals surface area (Å²) in [5.41, 5.74) is -0.107. The van der Waals surface area contributed by atoms with Gasteiger partial charge in [0.25, 0.3) is 0 Å². The Hall–Kier alpha value is -1.96. The Kier molecular flexibility index (Phi) is 5.68. The molecule has 8 nitrogen and oxygen atoms in total. The van der Waals surface area contributed by atoms with Gasteiger partial charge in [-0.1, -0.05) is 6.92 Å². The van der Waals surface area contributed by atoms with Crippen molar-refractivity contribution >= 4 is 17.5 Å². The van der Waals surface area contributed by atoms with E-state index in [2.05, 4.69) is 20.6 Å². The zero-order valence-electron chi connectivity index (χ0n) is 12.2. The maximum absolute atomic E-state index is 11.0. The van der Waals surface area contributed by atoms with Crippen LogP contribution < -0.4 is 10.6 Å². The van der Waals surface area contributed by atoms with Gasteiger partial charge in [-0.25, -0.2) is 4.98 Å². The lowest BCUT2D eigenvalue weighted by Gasteiger charge is -2.11. The topological polar surface area (TPSA) is 102 Å². The summed E-state index contributed by atoms with van der Waals surface area (Å²) in [5.74, 6) is 0.661. The maximum atomic E-state index is 11.0. The van der Waals surface area contributed by atoms with E-state index >= 15 is 0 Å². The maximum Gasteiger partial charge on any atom is 0.329 e. The third-order valence-electron chi connectivity index (χ3n) is 3.28. The van der Waals surface area contributed by atoms with Crippen molar-refractivity contribution in [2.75, 3.05) is 30.3 Å². The predicted molar refractivity (Wildman–Crippen MR) is 79.5 cm³/mol. The molecule has 2 heterocycles. The molecule has 8 heteroatoms. The van der Waals surface area contributed by atoms with Crippen molar-refractivity contribution in [2.24, 2.45) is 0 Å². The lowest BCUT2D eigenvalue weighted by Crippen LogP contribution is -2.15. The lowest BCUT2D eigenvalue weighted by atomic mass is 10.2. The van der Waals surface area contributed by atoms with Gasteiger partial charge in [0, 0.05) is 19.7 Å². The second kappa shape index (κ2) is 7.72. The molecule has 21 heavy (non-hydrogen) atoms. The highest BCUT2D eigenvalue weighted by Crippen LogP contribution is 2.22. The molecule has 1 aliphatic heterocycles. The van der Waals surface area contributed by atoms with Gasteiger partial charge >= 0.3 is 5.69 Å². The Morgan fingerprint density at radius 2 is 2.33 bits per heavy atom. The molecule has 2 rings (SSSR count). The molecule has 0 spiro atoms. The van der Waals surface area contributed by atoms with Crippen molar-refractivity contribution in [2.45, 2.75) is 38.7 Å². The Balaban J connectivity index is 1.97. The predicted octanol–water partition coefficient (Wildman–Crippen LogP) is 2.19. The first kappa shape index (κ1) is 15.4. The molecule has 0 aliphatic carbocycles. The molecular formula is C13H21N5O3. The van der Waals surface area contributed by atoms with Gasteiger partial charge in [0.05, 0.1) is 11.0 Å². The molecule has 0 amide bonds. The van der Waals surface area contributed by atoms with E-state index in [1.54, 1.807) is 0 Å². The highest BCUT2D eigenvalue weighted by atomic mass is 16.6. The van der Waals surface area contributed by atoms with Crippen LogP contribution in [0, 0.1) is 10.1 Å². The van der Waals surface area contributed by atoms with Gasteiger partial charge in [-0.15, -0.1) is 0 Å². The van der Waals surface area contributed by atoms with Crippen LogP contribution in [0.2, 0.25) is 0 Å². The largest absolute Gasteiger partial charge is 0.378 e. The quantitative estimate of drug-likeness (QED) is 0.559. The zero-order valence-corrected chi connectivity index (χ0v) is 12.2. The third-order valence-corrected chi connectivity index (χ3v) is 3.28. The second-order valence-electron chi connectivity index (χ2n) is 4.96. The van der Waals surface area contributed by atoms with Crippen LogP contribution in [0.25, 0.3) is 0 Å². The first-order valence-electron chi connectivity index (χ1n) is 7.31. The molecule has 1 unspecified atom stereocenters. The molecule has 1 aliphatic rings. The van der Waals surface area contributed by atoms with E-state index in [4.69, 9.17) is 4.74 Å². The lowest BCUT2D eigenvalue weighted by molar-refractivity contribution is -0.384. The molecule has 1 atom stereocenters. The highest BCUT2D eigenvalue weighted by molar-refractivity contribution is 5.56. The van der Waals surface area contributed by atoms with Crippen LogP contribution in [0.3, 0.4) is 0 Å². The normalized spacial score (nSPS) is 17.7. The summed E-state index contributed by atoms with van der Waals surface area (Å²) in [5, 5.41) is 17.1. The van der Waals surface area contributed by atoms with Gasteiger partial charge in [-0.2, -0.15) is 4.98 Å². The Morgan fingerprint density at radius 1 is 1.48 bits per heavy atom. The van der Waals surface area contributed by atoms with Crippen LogP contribution in [0.5, 0.6) is 0 Å². The van der Waals surface area contributed by atoms with Crippen molar-refractivity contribution in [3.8, 4) is 0 Å². The number of rotatable bonds is 8. The minimum Gasteiger partial charge on any atom is -0.378 e. The smallest absolute Gasteiger partial charge is 0.329 e. The van der Waals surface area contributed by atoms with Crippen molar-refractivity contribution in [3.63, 3.8) is 0 Å². The zero-order chi connectivity index (χ0) is 15.1. The van der Waals surface area contributed by atoms with E-state index in [9.17, 15) is 10.1 Å². The van der Waals surface area contributed by atoms with E-state index in [-0.39, 0.29) is 17.6 Å². The average Bonchev–Trinajstić information content (AvgIpc) is 2.98. The SMILES string of the molecule is CCCNc1ncc([N+](=O)[O-])c(NCCC2CCCO2)n1. The number of ether oxygens (including phenoxy) is 1. The number of hydrogen-bond donors (Lipinski definition) is 2. The molecule has 1 saturated heterocycles. The summed E-state index contributed by atoms with van der Waals surface area (Å²) in [6.45, 7) is 4.16. The van der Waals surface area contributed by atoms with E-state index in [0.29, 0.717) is 12.5 Å². The highest BCUT2D eigenvalue weighted by Gasteiger charge is 2.19. The molecule has 0 bridgehead atoms. The molecular weight excluding hydrogens is 274 g/mol. The number of nitro groups is 1. The molecule has 2 N–H and O–H groups in total. The fourth-order valence-electron chi connectivity index (χ4n) is 2.18. The summed E-state index contributed by atoms with van der Waals surface area (Å²) >= 11 is 0. The van der Waals surface area contributed by atoms with Crippen molar-refractivity contribution in [1.29, 1.82) is 0 Å². The summed E-state index contributed by atoms with van der Waals surface area (Å²) in [6, 6.07) is 0. The Morgan fingerprint density at radius 3 is 3.00 bits per heavy atom. The summed E-state index contributed by atoms with van der Waals surface area (Å²) in [6.07, 6.45) is 5.37. The van der Waals surface area contributed by atoms with Crippen molar-refractivity contribution in [1.82, 2.24) is 9.97 Å². The summed E-state index contributed by atoms with van der Waals surface area (Å²) in [4.78, 5) is 18.7. The number of hydrogen-bond acceptors (Lipinski definition) is 7. The average molecular weight is 295 g/mol. The molecule has 0 radical (unpaired) electrons. The molecule has 116 valence electrons. The van der Waals surface area contributed by atoms with E-state index in [1.165, 1.54) is 6.20 Å².